The van der Waals surface area contributed by atoms with Crippen molar-refractivity contribution >= 4 is 23.3 Å². The van der Waals surface area contributed by atoms with Gasteiger partial charge in [-0.1, -0.05) is 12.1 Å². The number of alkyl halides is 1. The van der Waals surface area contributed by atoms with Crippen molar-refractivity contribution in [1.29, 1.82) is 0 Å². The summed E-state index contributed by atoms with van der Waals surface area (Å²) in [6.45, 7) is 1.95. The van der Waals surface area contributed by atoms with Crippen molar-refractivity contribution < 1.29 is 4.79 Å². The van der Waals surface area contributed by atoms with Gasteiger partial charge in [-0.15, -0.1) is 11.6 Å². The Hall–Kier alpha value is -1.87. The average molecular weight is 261 g/mol. The number of hydrogen-bond donors (Lipinski definition) is 1. The number of anilines is 1. The number of carbonyl (C=O) groups is 1. The molecule has 92 valence electrons. The van der Waals surface area contributed by atoms with Crippen LogP contribution < -0.4 is 5.32 Å². The number of pyridine rings is 1. The fourth-order valence-electron chi connectivity index (χ4n) is 1.59. The molecule has 0 saturated heterocycles. The van der Waals surface area contributed by atoms with Crippen LogP contribution >= 0.6 is 11.6 Å². The summed E-state index contributed by atoms with van der Waals surface area (Å²) in [5.41, 5.74) is 2.55. The van der Waals surface area contributed by atoms with Crippen molar-refractivity contribution in [1.82, 2.24) is 4.98 Å². The Kier molecular flexibility index (Phi) is 3.95. The molecular weight excluding hydrogens is 248 g/mol. The summed E-state index contributed by atoms with van der Waals surface area (Å²) in [5.74, 6) is 0.764. The zero-order chi connectivity index (χ0) is 13.0. The quantitative estimate of drug-likeness (QED) is 0.860. The van der Waals surface area contributed by atoms with E-state index in [-0.39, 0.29) is 5.91 Å². The number of benzene rings is 1. The molecule has 1 N–H and O–H groups in total. The number of amides is 1. The van der Waals surface area contributed by atoms with Crippen molar-refractivity contribution in [2.75, 3.05) is 5.32 Å². The van der Waals surface area contributed by atoms with E-state index < -0.39 is 0 Å². The van der Waals surface area contributed by atoms with Gasteiger partial charge in [0.1, 0.15) is 5.82 Å². The highest BCUT2D eigenvalue weighted by molar-refractivity contribution is 6.17. The lowest BCUT2D eigenvalue weighted by Crippen LogP contribution is -2.13. The molecular formula is C14H13ClN2O. The number of aromatic nitrogens is 1. The van der Waals surface area contributed by atoms with E-state index in [4.69, 9.17) is 11.6 Å². The van der Waals surface area contributed by atoms with E-state index >= 15 is 0 Å². The molecule has 1 aromatic heterocycles. The number of carbonyl (C=O) groups excluding carboxylic acids is 1. The van der Waals surface area contributed by atoms with Crippen LogP contribution in [0.4, 0.5) is 5.82 Å². The third-order valence-corrected chi connectivity index (χ3v) is 2.81. The van der Waals surface area contributed by atoms with Gasteiger partial charge in [0.15, 0.2) is 0 Å². The van der Waals surface area contributed by atoms with Gasteiger partial charge in [-0.3, -0.25) is 4.79 Å². The van der Waals surface area contributed by atoms with Gasteiger partial charge in [0.25, 0.3) is 5.91 Å². The van der Waals surface area contributed by atoms with Crippen LogP contribution in [-0.2, 0) is 5.88 Å². The van der Waals surface area contributed by atoms with Gasteiger partial charge in [0, 0.05) is 17.6 Å². The van der Waals surface area contributed by atoms with Crippen LogP contribution in [0.2, 0.25) is 0 Å². The summed E-state index contributed by atoms with van der Waals surface area (Å²) in [4.78, 5) is 16.1. The SMILES string of the molecule is Cc1ccnc(NC(=O)c2cccc(CCl)c2)c1. The maximum Gasteiger partial charge on any atom is 0.256 e. The van der Waals surface area contributed by atoms with E-state index in [1.54, 1.807) is 18.3 Å². The molecule has 1 heterocycles. The minimum atomic E-state index is -0.180. The van der Waals surface area contributed by atoms with Crippen LogP contribution in [0.15, 0.2) is 42.6 Å². The molecule has 3 nitrogen and oxygen atoms in total. The van der Waals surface area contributed by atoms with E-state index in [2.05, 4.69) is 10.3 Å². The number of nitrogens with one attached hydrogen (secondary N) is 1. The lowest BCUT2D eigenvalue weighted by molar-refractivity contribution is 0.102. The fourth-order valence-corrected chi connectivity index (χ4v) is 1.75. The van der Waals surface area contributed by atoms with Gasteiger partial charge < -0.3 is 5.32 Å². The molecule has 2 aromatic rings. The predicted octanol–water partition coefficient (Wildman–Crippen LogP) is 3.38. The summed E-state index contributed by atoms with van der Waals surface area (Å²) >= 11 is 5.74. The first-order valence-electron chi connectivity index (χ1n) is 5.58. The molecule has 1 aromatic carbocycles. The summed E-state index contributed by atoms with van der Waals surface area (Å²) in [6.07, 6.45) is 1.67. The maximum absolute atomic E-state index is 12.0. The molecule has 0 aliphatic carbocycles. The smallest absolute Gasteiger partial charge is 0.256 e. The van der Waals surface area contributed by atoms with Gasteiger partial charge in [-0.25, -0.2) is 4.98 Å². The molecule has 0 bridgehead atoms. The highest BCUT2D eigenvalue weighted by Gasteiger charge is 2.07. The van der Waals surface area contributed by atoms with Crippen LogP contribution in [0.1, 0.15) is 21.5 Å². The Morgan fingerprint density at radius 3 is 2.89 bits per heavy atom. The van der Waals surface area contributed by atoms with Crippen LogP contribution in [0.5, 0.6) is 0 Å². The highest BCUT2D eigenvalue weighted by atomic mass is 35.5. The first-order valence-corrected chi connectivity index (χ1v) is 6.11. The molecule has 0 spiro atoms. The summed E-state index contributed by atoms with van der Waals surface area (Å²) in [7, 11) is 0. The van der Waals surface area contributed by atoms with Gasteiger partial charge in [-0.2, -0.15) is 0 Å². The molecule has 0 fully saturated rings. The first kappa shape index (κ1) is 12.6. The molecule has 0 unspecified atom stereocenters. The number of halogens is 1. The molecule has 0 saturated carbocycles. The van der Waals surface area contributed by atoms with Crippen molar-refractivity contribution in [3.8, 4) is 0 Å². The van der Waals surface area contributed by atoms with Gasteiger partial charge in [0.2, 0.25) is 0 Å². The Bertz CT molecular complexity index is 569. The second kappa shape index (κ2) is 5.65. The van der Waals surface area contributed by atoms with Gasteiger partial charge in [-0.05, 0) is 42.3 Å². The summed E-state index contributed by atoms with van der Waals surface area (Å²) in [6, 6.07) is 10.9. The third-order valence-electron chi connectivity index (χ3n) is 2.50. The van der Waals surface area contributed by atoms with Crippen LogP contribution in [0, 0.1) is 6.92 Å². The summed E-state index contributed by atoms with van der Waals surface area (Å²) in [5, 5.41) is 2.76. The lowest BCUT2D eigenvalue weighted by atomic mass is 10.1. The zero-order valence-corrected chi connectivity index (χ0v) is 10.7. The van der Waals surface area contributed by atoms with E-state index in [0.717, 1.165) is 11.1 Å². The lowest BCUT2D eigenvalue weighted by Gasteiger charge is -2.06. The maximum atomic E-state index is 12.0. The Morgan fingerprint density at radius 2 is 2.17 bits per heavy atom. The Labute approximate surface area is 111 Å². The van der Waals surface area contributed by atoms with Crippen LogP contribution in [0.25, 0.3) is 0 Å². The van der Waals surface area contributed by atoms with Crippen LogP contribution in [0.3, 0.4) is 0 Å². The van der Waals surface area contributed by atoms with Gasteiger partial charge in [0.05, 0.1) is 0 Å². The minimum Gasteiger partial charge on any atom is -0.307 e. The topological polar surface area (TPSA) is 42.0 Å². The molecule has 18 heavy (non-hydrogen) atoms. The third kappa shape index (κ3) is 3.08. The Balaban J connectivity index is 2.16. The Morgan fingerprint density at radius 1 is 1.33 bits per heavy atom. The van der Waals surface area contributed by atoms with Crippen molar-refractivity contribution in [2.24, 2.45) is 0 Å². The predicted molar refractivity (Wildman–Crippen MR) is 72.9 cm³/mol. The molecule has 0 radical (unpaired) electrons. The largest absolute Gasteiger partial charge is 0.307 e. The molecule has 0 atom stereocenters. The van der Waals surface area contributed by atoms with E-state index in [9.17, 15) is 4.79 Å². The minimum absolute atomic E-state index is 0.180. The molecule has 4 heteroatoms. The molecule has 1 amide bonds. The van der Waals surface area contributed by atoms with Crippen LogP contribution in [-0.4, -0.2) is 10.9 Å². The second-order valence-corrected chi connectivity index (χ2v) is 4.27. The monoisotopic (exact) mass is 260 g/mol. The fraction of sp³-hybridized carbons (Fsp3) is 0.143. The number of rotatable bonds is 3. The van der Waals surface area contributed by atoms with Crippen molar-refractivity contribution in [3.05, 3.63) is 59.3 Å². The molecule has 0 aliphatic rings. The van der Waals surface area contributed by atoms with Crippen molar-refractivity contribution in [2.45, 2.75) is 12.8 Å². The van der Waals surface area contributed by atoms with E-state index in [1.165, 1.54) is 0 Å². The number of aryl methyl sites for hydroxylation is 1. The number of nitrogens with zero attached hydrogens (tertiary/aromatic N) is 1. The highest BCUT2D eigenvalue weighted by Crippen LogP contribution is 2.11. The molecule has 0 aliphatic heterocycles. The number of hydrogen-bond acceptors (Lipinski definition) is 2. The van der Waals surface area contributed by atoms with Gasteiger partial charge >= 0.3 is 0 Å². The van der Waals surface area contributed by atoms with E-state index in [0.29, 0.717) is 17.3 Å². The second-order valence-electron chi connectivity index (χ2n) is 4.01. The first-order chi connectivity index (χ1) is 8.69. The standard InChI is InChI=1S/C14H13ClN2O/c1-10-5-6-16-13(7-10)17-14(18)12-4-2-3-11(8-12)9-15/h2-8H,9H2,1H3,(H,16,17,18). The zero-order valence-electron chi connectivity index (χ0n) is 9.98. The molecule has 2 rings (SSSR count). The van der Waals surface area contributed by atoms with E-state index in [1.807, 2.05) is 31.2 Å². The summed E-state index contributed by atoms with van der Waals surface area (Å²) < 4.78 is 0. The normalized spacial score (nSPS) is 10.1. The average Bonchev–Trinajstić information content (AvgIpc) is 2.39. The van der Waals surface area contributed by atoms with Crippen molar-refractivity contribution in [3.63, 3.8) is 0 Å².